The third kappa shape index (κ3) is 4.26. The number of aromatic nitrogens is 2. The number of H-pyrrole nitrogens is 1. The predicted octanol–water partition coefficient (Wildman–Crippen LogP) is 4.60. The molecule has 0 spiro atoms. The van der Waals surface area contributed by atoms with Gasteiger partial charge in [-0.25, -0.2) is 4.79 Å². The molecule has 2 heterocycles. The Morgan fingerprint density at radius 3 is 2.77 bits per heavy atom. The molecule has 0 fully saturated rings. The monoisotopic (exact) mass is 382 g/mol. The van der Waals surface area contributed by atoms with Crippen molar-refractivity contribution in [3.05, 3.63) is 59.0 Å². The molecule has 2 aromatic heterocycles. The Labute approximate surface area is 151 Å². The van der Waals surface area contributed by atoms with Crippen molar-refractivity contribution in [1.29, 1.82) is 0 Å². The zero-order valence-electron chi connectivity index (χ0n) is 13.3. The summed E-state index contributed by atoms with van der Waals surface area (Å²) in [6.45, 7) is 0.175. The van der Waals surface area contributed by atoms with E-state index in [1.54, 1.807) is 18.3 Å². The first-order valence-corrected chi connectivity index (χ1v) is 8.04. The van der Waals surface area contributed by atoms with Gasteiger partial charge in [-0.3, -0.25) is 4.98 Å². The molecule has 0 aliphatic heterocycles. The van der Waals surface area contributed by atoms with E-state index in [2.05, 4.69) is 20.6 Å². The standard InChI is InChI=1S/C17H14ClF3N4O/c18-13-7-11(17(19,20)21)9-24-14(13)4-6-23-16(26)25-12-2-1-10-3-5-22-15(10)8-12/h1-3,5,7-9,22H,4,6H2,(H2,23,25,26). The van der Waals surface area contributed by atoms with Crippen molar-refractivity contribution in [2.24, 2.45) is 0 Å². The summed E-state index contributed by atoms with van der Waals surface area (Å²) in [6.07, 6.45) is -1.75. The van der Waals surface area contributed by atoms with E-state index >= 15 is 0 Å². The topological polar surface area (TPSA) is 69.8 Å². The molecule has 3 aromatic rings. The second kappa shape index (κ2) is 7.25. The van der Waals surface area contributed by atoms with Gasteiger partial charge in [0, 0.05) is 36.6 Å². The van der Waals surface area contributed by atoms with Gasteiger partial charge >= 0.3 is 12.2 Å². The van der Waals surface area contributed by atoms with Crippen molar-refractivity contribution in [3.63, 3.8) is 0 Å². The van der Waals surface area contributed by atoms with Crippen LogP contribution in [0.3, 0.4) is 0 Å². The lowest BCUT2D eigenvalue weighted by atomic mass is 10.2. The maximum absolute atomic E-state index is 12.6. The summed E-state index contributed by atoms with van der Waals surface area (Å²) in [7, 11) is 0. The Morgan fingerprint density at radius 2 is 2.04 bits per heavy atom. The molecular weight excluding hydrogens is 369 g/mol. The summed E-state index contributed by atoms with van der Waals surface area (Å²) in [5.74, 6) is 0. The van der Waals surface area contributed by atoms with Gasteiger partial charge in [-0.15, -0.1) is 0 Å². The van der Waals surface area contributed by atoms with Gasteiger partial charge in [-0.05, 0) is 29.7 Å². The van der Waals surface area contributed by atoms with E-state index in [9.17, 15) is 18.0 Å². The molecule has 0 radical (unpaired) electrons. The van der Waals surface area contributed by atoms with Gasteiger partial charge in [0.2, 0.25) is 0 Å². The fraction of sp³-hybridized carbons (Fsp3) is 0.176. The van der Waals surface area contributed by atoms with E-state index < -0.39 is 17.8 Å². The number of carbonyl (C=O) groups is 1. The number of hydrogen-bond donors (Lipinski definition) is 3. The molecule has 1 aromatic carbocycles. The van der Waals surface area contributed by atoms with Crippen LogP contribution in [0.4, 0.5) is 23.7 Å². The summed E-state index contributed by atoms with van der Waals surface area (Å²) >= 11 is 5.83. The normalized spacial score (nSPS) is 11.5. The molecule has 0 aliphatic rings. The number of alkyl halides is 3. The summed E-state index contributed by atoms with van der Waals surface area (Å²) in [6, 6.07) is 7.75. The number of carbonyl (C=O) groups excluding carboxylic acids is 1. The zero-order chi connectivity index (χ0) is 18.7. The smallest absolute Gasteiger partial charge is 0.361 e. The number of benzene rings is 1. The fourth-order valence-corrected chi connectivity index (χ4v) is 2.66. The first-order chi connectivity index (χ1) is 12.3. The van der Waals surface area contributed by atoms with Crippen LogP contribution in [0.2, 0.25) is 5.02 Å². The van der Waals surface area contributed by atoms with Crippen LogP contribution in [0, 0.1) is 0 Å². The molecule has 0 unspecified atom stereocenters. The van der Waals surface area contributed by atoms with Gasteiger partial charge in [-0.2, -0.15) is 13.2 Å². The number of nitrogens with one attached hydrogen (secondary N) is 3. The predicted molar refractivity (Wildman–Crippen MR) is 93.3 cm³/mol. The molecule has 0 aliphatic carbocycles. The highest BCUT2D eigenvalue weighted by molar-refractivity contribution is 6.31. The van der Waals surface area contributed by atoms with E-state index in [1.807, 2.05) is 12.1 Å². The van der Waals surface area contributed by atoms with Gasteiger partial charge in [0.05, 0.1) is 16.3 Å². The summed E-state index contributed by atoms with van der Waals surface area (Å²) < 4.78 is 37.7. The third-order valence-corrected chi connectivity index (χ3v) is 4.03. The maximum Gasteiger partial charge on any atom is 0.417 e. The van der Waals surface area contributed by atoms with Crippen LogP contribution in [-0.4, -0.2) is 22.5 Å². The van der Waals surface area contributed by atoms with E-state index in [0.29, 0.717) is 5.69 Å². The lowest BCUT2D eigenvalue weighted by Gasteiger charge is -2.10. The minimum absolute atomic E-state index is 0.0840. The van der Waals surface area contributed by atoms with Crippen LogP contribution in [0.1, 0.15) is 11.3 Å². The van der Waals surface area contributed by atoms with Crippen molar-refractivity contribution < 1.29 is 18.0 Å². The van der Waals surface area contributed by atoms with Crippen LogP contribution in [0.25, 0.3) is 10.9 Å². The summed E-state index contributed by atoms with van der Waals surface area (Å²) in [5, 5.41) is 6.24. The first-order valence-electron chi connectivity index (χ1n) is 7.66. The van der Waals surface area contributed by atoms with Crippen LogP contribution in [0.5, 0.6) is 0 Å². The average Bonchev–Trinajstić information content (AvgIpc) is 3.03. The summed E-state index contributed by atoms with van der Waals surface area (Å²) in [4.78, 5) is 18.7. The highest BCUT2D eigenvalue weighted by Gasteiger charge is 2.31. The molecule has 0 saturated heterocycles. The minimum Gasteiger partial charge on any atom is -0.361 e. The number of halogens is 4. The average molecular weight is 383 g/mol. The summed E-state index contributed by atoms with van der Waals surface area (Å²) in [5.41, 5.74) is 0.885. The van der Waals surface area contributed by atoms with Crippen molar-refractivity contribution >= 4 is 34.2 Å². The van der Waals surface area contributed by atoms with Crippen LogP contribution < -0.4 is 10.6 Å². The molecule has 0 atom stereocenters. The SMILES string of the molecule is O=C(NCCc1ncc(C(F)(F)F)cc1Cl)Nc1ccc2cc[nH]c2c1. The number of pyridine rings is 1. The molecule has 2 amide bonds. The van der Waals surface area contributed by atoms with E-state index in [4.69, 9.17) is 11.6 Å². The molecule has 26 heavy (non-hydrogen) atoms. The fourth-order valence-electron chi connectivity index (χ4n) is 2.40. The van der Waals surface area contributed by atoms with E-state index in [0.717, 1.165) is 23.2 Å². The van der Waals surface area contributed by atoms with Gasteiger partial charge in [0.25, 0.3) is 0 Å². The van der Waals surface area contributed by atoms with Gasteiger partial charge in [0.1, 0.15) is 0 Å². The third-order valence-electron chi connectivity index (χ3n) is 3.70. The molecule has 3 N–H and O–H groups in total. The largest absolute Gasteiger partial charge is 0.417 e. The Balaban J connectivity index is 1.53. The number of anilines is 1. The quantitative estimate of drug-likeness (QED) is 0.617. The molecular formula is C17H14ClF3N4O. The number of nitrogens with zero attached hydrogens (tertiary/aromatic N) is 1. The van der Waals surface area contributed by atoms with Gasteiger partial charge in [0.15, 0.2) is 0 Å². The Kier molecular flexibility index (Phi) is 5.03. The number of hydrogen-bond acceptors (Lipinski definition) is 2. The van der Waals surface area contributed by atoms with E-state index in [-0.39, 0.29) is 23.7 Å². The second-order valence-corrected chi connectivity index (χ2v) is 5.97. The Bertz CT molecular complexity index is 939. The number of rotatable bonds is 4. The Morgan fingerprint density at radius 1 is 1.23 bits per heavy atom. The second-order valence-electron chi connectivity index (χ2n) is 5.56. The van der Waals surface area contributed by atoms with Crippen LogP contribution >= 0.6 is 11.6 Å². The van der Waals surface area contributed by atoms with Crippen molar-refractivity contribution in [2.75, 3.05) is 11.9 Å². The number of urea groups is 1. The van der Waals surface area contributed by atoms with Crippen LogP contribution in [0.15, 0.2) is 42.7 Å². The Hall–Kier alpha value is -2.74. The lowest BCUT2D eigenvalue weighted by Crippen LogP contribution is -2.30. The first kappa shape index (κ1) is 18.1. The molecule has 0 bridgehead atoms. The molecule has 9 heteroatoms. The lowest BCUT2D eigenvalue weighted by molar-refractivity contribution is -0.137. The van der Waals surface area contributed by atoms with E-state index in [1.165, 1.54) is 0 Å². The van der Waals surface area contributed by atoms with Crippen molar-refractivity contribution in [3.8, 4) is 0 Å². The van der Waals surface area contributed by atoms with Gasteiger partial charge in [-0.1, -0.05) is 17.7 Å². The highest BCUT2D eigenvalue weighted by atomic mass is 35.5. The van der Waals surface area contributed by atoms with Crippen molar-refractivity contribution in [2.45, 2.75) is 12.6 Å². The van der Waals surface area contributed by atoms with Crippen molar-refractivity contribution in [1.82, 2.24) is 15.3 Å². The minimum atomic E-state index is -4.49. The zero-order valence-corrected chi connectivity index (χ0v) is 14.1. The maximum atomic E-state index is 12.6. The van der Waals surface area contributed by atoms with Gasteiger partial charge < -0.3 is 15.6 Å². The number of amides is 2. The molecule has 3 rings (SSSR count). The van der Waals surface area contributed by atoms with Crippen LogP contribution in [-0.2, 0) is 12.6 Å². The number of aromatic amines is 1. The molecule has 136 valence electrons. The number of fused-ring (bicyclic) bond motifs is 1. The molecule has 5 nitrogen and oxygen atoms in total. The molecule has 0 saturated carbocycles. The highest BCUT2D eigenvalue weighted by Crippen LogP contribution is 2.31.